The Bertz CT molecular complexity index is 98.3. The van der Waals surface area contributed by atoms with Crippen LogP contribution in [0.3, 0.4) is 0 Å². The lowest BCUT2D eigenvalue weighted by Crippen LogP contribution is -2.06. The highest BCUT2D eigenvalue weighted by Gasteiger charge is 1.88. The lowest BCUT2D eigenvalue weighted by atomic mass is 10.5. The Balaban J connectivity index is 2.77. The third-order valence-corrected chi connectivity index (χ3v) is 1.65. The lowest BCUT2D eigenvalue weighted by Gasteiger charge is -2.03. The molecule has 12 heavy (non-hydrogen) atoms. The van der Waals surface area contributed by atoms with Crippen LogP contribution in [0.2, 0.25) is 0 Å². The second kappa shape index (κ2) is 10.8. The predicted molar refractivity (Wildman–Crippen MR) is 52.3 cm³/mol. The maximum Gasteiger partial charge on any atom is 0.145 e. The normalized spacial score (nSPS) is 10.3. The van der Waals surface area contributed by atoms with Crippen LogP contribution in [-0.2, 0) is 13.9 Å². The van der Waals surface area contributed by atoms with E-state index in [-0.39, 0.29) is 0 Å². The molecule has 0 spiro atoms. The van der Waals surface area contributed by atoms with Gasteiger partial charge < -0.3 is 13.9 Å². The molecular weight excluding hydrogens is 172 g/mol. The van der Waals surface area contributed by atoms with Gasteiger partial charge in [-0.25, -0.2) is 0 Å². The molecule has 72 valence electrons. The van der Waals surface area contributed by atoms with E-state index in [0.29, 0.717) is 19.8 Å². The Labute approximate surface area is 77.2 Å². The van der Waals surface area contributed by atoms with Gasteiger partial charge in [0.1, 0.15) is 10.5 Å². The molecule has 0 aliphatic carbocycles. The van der Waals surface area contributed by atoms with E-state index in [4.69, 9.17) is 13.9 Å². The number of hydrogen-bond donors (Lipinski definition) is 0. The second-order valence-corrected chi connectivity index (χ2v) is 2.90. The van der Waals surface area contributed by atoms with Crippen LogP contribution in [0.15, 0.2) is 12.7 Å². The molecule has 0 atom stereocenters. The Kier molecular flexibility index (Phi) is 10.7. The van der Waals surface area contributed by atoms with Crippen molar-refractivity contribution >= 4 is 10.5 Å². The zero-order valence-electron chi connectivity index (χ0n) is 7.75. The molecule has 0 bridgehead atoms. The highest BCUT2D eigenvalue weighted by atomic mass is 28.2. The summed E-state index contributed by atoms with van der Waals surface area (Å²) < 4.78 is 15.4. The fourth-order valence-electron chi connectivity index (χ4n) is 0.692. The maximum atomic E-state index is 5.26. The molecule has 0 fully saturated rings. The SMILES string of the molecule is C=CCOCCOCCCO[SiH3]. The molecule has 0 saturated carbocycles. The fourth-order valence-corrected chi connectivity index (χ4v) is 0.981. The van der Waals surface area contributed by atoms with Crippen LogP contribution >= 0.6 is 0 Å². The molecule has 0 heterocycles. The van der Waals surface area contributed by atoms with Crippen LogP contribution in [-0.4, -0.2) is 43.5 Å². The minimum absolute atomic E-state index is 0.604. The average Bonchev–Trinajstić information content (AvgIpc) is 2.10. The van der Waals surface area contributed by atoms with E-state index in [2.05, 4.69) is 6.58 Å². The summed E-state index contributed by atoms with van der Waals surface area (Å²) in [5.74, 6) is 0. The van der Waals surface area contributed by atoms with E-state index in [9.17, 15) is 0 Å². The number of ether oxygens (including phenoxy) is 2. The van der Waals surface area contributed by atoms with Gasteiger partial charge in [-0.05, 0) is 6.42 Å². The maximum absolute atomic E-state index is 5.26. The molecule has 3 nitrogen and oxygen atoms in total. The molecule has 0 rings (SSSR count). The van der Waals surface area contributed by atoms with E-state index >= 15 is 0 Å². The number of rotatable bonds is 9. The van der Waals surface area contributed by atoms with Crippen LogP contribution in [0.25, 0.3) is 0 Å². The Morgan fingerprint density at radius 3 is 2.50 bits per heavy atom. The summed E-state index contributed by atoms with van der Waals surface area (Å²) in [7, 11) is 0.818. The molecule has 0 saturated heterocycles. The van der Waals surface area contributed by atoms with Crippen molar-refractivity contribution in [3.8, 4) is 0 Å². The molecule has 0 radical (unpaired) electrons. The molecule has 0 aliphatic rings. The monoisotopic (exact) mass is 190 g/mol. The largest absolute Gasteiger partial charge is 0.428 e. The summed E-state index contributed by atoms with van der Waals surface area (Å²) in [5, 5.41) is 0. The van der Waals surface area contributed by atoms with Gasteiger partial charge in [-0.3, -0.25) is 0 Å². The van der Waals surface area contributed by atoms with Gasteiger partial charge in [0.15, 0.2) is 0 Å². The topological polar surface area (TPSA) is 27.7 Å². The molecule has 0 amide bonds. The quantitative estimate of drug-likeness (QED) is 0.288. The number of hydrogen-bond acceptors (Lipinski definition) is 3. The van der Waals surface area contributed by atoms with Gasteiger partial charge in [0, 0.05) is 13.2 Å². The summed E-state index contributed by atoms with van der Waals surface area (Å²) in [5.41, 5.74) is 0. The summed E-state index contributed by atoms with van der Waals surface area (Å²) in [6.45, 7) is 7.04. The zero-order chi connectivity index (χ0) is 9.07. The molecule has 0 aromatic heterocycles. The zero-order valence-corrected chi connectivity index (χ0v) is 9.75. The minimum atomic E-state index is 0.604. The molecule has 4 heteroatoms. The second-order valence-electron chi connectivity index (χ2n) is 2.32. The van der Waals surface area contributed by atoms with Crippen LogP contribution in [0.5, 0.6) is 0 Å². The van der Waals surface area contributed by atoms with Gasteiger partial charge in [0.25, 0.3) is 0 Å². The Morgan fingerprint density at radius 1 is 1.08 bits per heavy atom. The van der Waals surface area contributed by atoms with Crippen LogP contribution in [0, 0.1) is 0 Å². The van der Waals surface area contributed by atoms with E-state index in [1.54, 1.807) is 6.08 Å². The van der Waals surface area contributed by atoms with E-state index < -0.39 is 0 Å². The van der Waals surface area contributed by atoms with Crippen molar-refractivity contribution in [3.63, 3.8) is 0 Å². The van der Waals surface area contributed by atoms with Crippen molar-refractivity contribution < 1.29 is 13.9 Å². The van der Waals surface area contributed by atoms with E-state index in [1.807, 2.05) is 0 Å². The van der Waals surface area contributed by atoms with Crippen molar-refractivity contribution in [2.75, 3.05) is 33.0 Å². The highest BCUT2D eigenvalue weighted by Crippen LogP contribution is 1.84. The molecule has 0 aromatic rings. The first-order chi connectivity index (χ1) is 5.91. The molecule has 0 N–H and O–H groups in total. The van der Waals surface area contributed by atoms with E-state index in [0.717, 1.165) is 30.1 Å². The third-order valence-electron chi connectivity index (χ3n) is 1.24. The Morgan fingerprint density at radius 2 is 1.83 bits per heavy atom. The van der Waals surface area contributed by atoms with Crippen LogP contribution in [0.4, 0.5) is 0 Å². The molecule has 0 aliphatic heterocycles. The first kappa shape index (κ1) is 11.8. The lowest BCUT2D eigenvalue weighted by molar-refractivity contribution is 0.0537. The minimum Gasteiger partial charge on any atom is -0.428 e. The summed E-state index contributed by atoms with van der Waals surface area (Å²) in [4.78, 5) is 0. The standard InChI is InChI=1S/C8H18O3Si/c1-2-4-9-7-8-10-5-3-6-11-12/h2H,1,3-8H2,12H3. The van der Waals surface area contributed by atoms with E-state index in [1.165, 1.54) is 0 Å². The van der Waals surface area contributed by atoms with Crippen molar-refractivity contribution in [2.45, 2.75) is 6.42 Å². The third kappa shape index (κ3) is 9.84. The van der Waals surface area contributed by atoms with Gasteiger partial charge in [-0.2, -0.15) is 0 Å². The van der Waals surface area contributed by atoms with Gasteiger partial charge in [-0.15, -0.1) is 6.58 Å². The van der Waals surface area contributed by atoms with Gasteiger partial charge in [-0.1, -0.05) is 6.08 Å². The molecular formula is C8H18O3Si. The van der Waals surface area contributed by atoms with Crippen LogP contribution in [0.1, 0.15) is 6.42 Å². The summed E-state index contributed by atoms with van der Waals surface area (Å²) in [6, 6.07) is 0. The molecule has 0 unspecified atom stereocenters. The first-order valence-electron chi connectivity index (χ1n) is 4.17. The molecule has 0 aromatic carbocycles. The van der Waals surface area contributed by atoms with Crippen molar-refractivity contribution in [2.24, 2.45) is 0 Å². The smallest absolute Gasteiger partial charge is 0.145 e. The fraction of sp³-hybridized carbons (Fsp3) is 0.750. The van der Waals surface area contributed by atoms with Crippen molar-refractivity contribution in [3.05, 3.63) is 12.7 Å². The highest BCUT2D eigenvalue weighted by molar-refractivity contribution is 5.97. The van der Waals surface area contributed by atoms with Gasteiger partial charge in [0.2, 0.25) is 0 Å². The van der Waals surface area contributed by atoms with Gasteiger partial charge in [0.05, 0.1) is 19.8 Å². The summed E-state index contributed by atoms with van der Waals surface area (Å²) >= 11 is 0. The summed E-state index contributed by atoms with van der Waals surface area (Å²) in [6.07, 6.45) is 2.71. The average molecular weight is 190 g/mol. The van der Waals surface area contributed by atoms with Crippen molar-refractivity contribution in [1.29, 1.82) is 0 Å². The first-order valence-corrected chi connectivity index (χ1v) is 4.98. The Hall–Kier alpha value is -0.163. The van der Waals surface area contributed by atoms with Crippen LogP contribution < -0.4 is 0 Å². The van der Waals surface area contributed by atoms with Crippen molar-refractivity contribution in [1.82, 2.24) is 0 Å². The van der Waals surface area contributed by atoms with Gasteiger partial charge >= 0.3 is 0 Å². The predicted octanol–water partition coefficient (Wildman–Crippen LogP) is -0.107.